The normalized spacial score (nSPS) is 19.7. The highest BCUT2D eigenvalue weighted by Crippen LogP contribution is 2.18. The first kappa shape index (κ1) is 12.8. The van der Waals surface area contributed by atoms with Crippen LogP contribution in [0.5, 0.6) is 0 Å². The average molecular weight is 244 g/mol. The highest BCUT2D eigenvalue weighted by atomic mass is 15.1. The molecule has 0 radical (unpaired) electrons. The van der Waals surface area contributed by atoms with Crippen LogP contribution >= 0.6 is 0 Å². The van der Waals surface area contributed by atoms with Gasteiger partial charge in [-0.2, -0.15) is 5.26 Å². The van der Waals surface area contributed by atoms with Gasteiger partial charge in [-0.15, -0.1) is 0 Å². The number of hydrogen-bond acceptors (Lipinski definition) is 4. The first-order valence-electron chi connectivity index (χ1n) is 6.57. The third kappa shape index (κ3) is 2.99. The summed E-state index contributed by atoms with van der Waals surface area (Å²) in [7, 11) is 0. The van der Waals surface area contributed by atoms with E-state index in [0.717, 1.165) is 31.1 Å². The third-order valence-corrected chi connectivity index (χ3v) is 3.53. The fraction of sp³-hybridized carbons (Fsp3) is 0.571. The van der Waals surface area contributed by atoms with E-state index in [9.17, 15) is 0 Å². The van der Waals surface area contributed by atoms with Gasteiger partial charge in [-0.25, -0.2) is 4.98 Å². The minimum absolute atomic E-state index is 0.631. The number of nitrogens with zero attached hydrogens (tertiary/aromatic N) is 3. The summed E-state index contributed by atoms with van der Waals surface area (Å²) < 4.78 is 0. The minimum atomic E-state index is 0.631. The van der Waals surface area contributed by atoms with E-state index in [1.165, 1.54) is 13.0 Å². The van der Waals surface area contributed by atoms with E-state index in [2.05, 4.69) is 28.2 Å². The van der Waals surface area contributed by atoms with Crippen LogP contribution in [-0.2, 0) is 0 Å². The molecule has 1 atom stereocenters. The van der Waals surface area contributed by atoms with E-state index in [1.54, 1.807) is 0 Å². The molecule has 4 nitrogen and oxygen atoms in total. The Balaban J connectivity index is 1.94. The zero-order valence-corrected chi connectivity index (χ0v) is 11.1. The van der Waals surface area contributed by atoms with Gasteiger partial charge in [-0.05, 0) is 44.5 Å². The molecular weight excluding hydrogens is 224 g/mol. The number of rotatable bonds is 4. The molecule has 1 saturated heterocycles. The predicted molar refractivity (Wildman–Crippen MR) is 72.4 cm³/mol. The van der Waals surface area contributed by atoms with Crippen LogP contribution < -0.4 is 5.32 Å². The molecule has 0 aliphatic carbocycles. The molecule has 18 heavy (non-hydrogen) atoms. The van der Waals surface area contributed by atoms with Gasteiger partial charge < -0.3 is 10.2 Å². The summed E-state index contributed by atoms with van der Waals surface area (Å²) in [4.78, 5) is 6.86. The summed E-state index contributed by atoms with van der Waals surface area (Å²) in [6, 6.07) is 5.89. The molecule has 1 aliphatic heterocycles. The fourth-order valence-corrected chi connectivity index (χ4v) is 2.39. The zero-order chi connectivity index (χ0) is 13.0. The lowest BCUT2D eigenvalue weighted by Gasteiger charge is -2.14. The molecule has 1 N–H and O–H groups in total. The maximum Gasteiger partial charge on any atom is 0.144 e. The van der Waals surface area contributed by atoms with Crippen LogP contribution in [0.15, 0.2) is 12.1 Å². The fourth-order valence-electron chi connectivity index (χ4n) is 2.39. The molecule has 96 valence electrons. The summed E-state index contributed by atoms with van der Waals surface area (Å²) in [5.74, 6) is 1.39. The van der Waals surface area contributed by atoms with Crippen molar-refractivity contribution in [3.8, 4) is 6.07 Å². The van der Waals surface area contributed by atoms with Gasteiger partial charge in [0.25, 0.3) is 0 Å². The van der Waals surface area contributed by atoms with Crippen molar-refractivity contribution in [3.63, 3.8) is 0 Å². The number of pyridine rings is 1. The van der Waals surface area contributed by atoms with Gasteiger partial charge in [0, 0.05) is 18.8 Å². The molecule has 0 amide bonds. The summed E-state index contributed by atoms with van der Waals surface area (Å²) in [6.07, 6.45) is 1.23. The van der Waals surface area contributed by atoms with Crippen molar-refractivity contribution in [1.29, 1.82) is 5.26 Å². The maximum absolute atomic E-state index is 9.04. The number of hydrogen-bond donors (Lipinski definition) is 1. The Morgan fingerprint density at radius 3 is 3.06 bits per heavy atom. The lowest BCUT2D eigenvalue weighted by molar-refractivity contribution is 0.345. The molecule has 2 rings (SSSR count). The largest absolute Gasteiger partial charge is 0.369 e. The second-order valence-electron chi connectivity index (χ2n) is 4.89. The SMILES string of the molecule is CCN1CCC(CNc2nc(C)ccc2C#N)C1. The molecule has 0 saturated carbocycles. The van der Waals surface area contributed by atoms with Crippen LogP contribution in [0.4, 0.5) is 5.82 Å². The minimum Gasteiger partial charge on any atom is -0.369 e. The van der Waals surface area contributed by atoms with Crippen molar-refractivity contribution in [2.45, 2.75) is 20.3 Å². The first-order valence-corrected chi connectivity index (χ1v) is 6.57. The molecule has 1 unspecified atom stereocenters. The van der Waals surface area contributed by atoms with Crippen LogP contribution in [0.25, 0.3) is 0 Å². The molecule has 4 heteroatoms. The smallest absolute Gasteiger partial charge is 0.144 e. The van der Waals surface area contributed by atoms with Gasteiger partial charge in [0.2, 0.25) is 0 Å². The van der Waals surface area contributed by atoms with E-state index in [1.807, 2.05) is 19.1 Å². The Labute approximate surface area is 109 Å². The molecule has 1 aliphatic rings. The van der Waals surface area contributed by atoms with Gasteiger partial charge in [0.15, 0.2) is 0 Å². The van der Waals surface area contributed by atoms with Gasteiger partial charge in [0.1, 0.15) is 11.9 Å². The summed E-state index contributed by atoms with van der Waals surface area (Å²) in [5.41, 5.74) is 1.57. The lowest BCUT2D eigenvalue weighted by atomic mass is 10.1. The molecule has 1 fully saturated rings. The van der Waals surface area contributed by atoms with E-state index in [-0.39, 0.29) is 0 Å². The lowest BCUT2D eigenvalue weighted by Crippen LogP contribution is -2.22. The zero-order valence-electron chi connectivity index (χ0n) is 11.1. The molecular formula is C14H20N4. The van der Waals surface area contributed by atoms with Crippen LogP contribution in [0.2, 0.25) is 0 Å². The van der Waals surface area contributed by atoms with E-state index < -0.39 is 0 Å². The van der Waals surface area contributed by atoms with Gasteiger partial charge >= 0.3 is 0 Å². The number of likely N-dealkylation sites (tertiary alicyclic amines) is 1. The van der Waals surface area contributed by atoms with Crippen molar-refractivity contribution < 1.29 is 0 Å². The Kier molecular flexibility index (Phi) is 4.16. The van der Waals surface area contributed by atoms with Crippen molar-refractivity contribution in [1.82, 2.24) is 9.88 Å². The van der Waals surface area contributed by atoms with Crippen LogP contribution in [0.3, 0.4) is 0 Å². The number of aryl methyl sites for hydroxylation is 1. The van der Waals surface area contributed by atoms with E-state index in [0.29, 0.717) is 11.5 Å². The highest BCUT2D eigenvalue weighted by molar-refractivity contribution is 5.52. The Morgan fingerprint density at radius 2 is 2.39 bits per heavy atom. The standard InChI is InChI=1S/C14H20N4/c1-3-18-7-6-12(10-18)9-16-14-13(8-15)5-4-11(2)17-14/h4-5,12H,3,6-7,9-10H2,1-2H3,(H,16,17). The van der Waals surface area contributed by atoms with E-state index in [4.69, 9.17) is 5.26 Å². The molecule has 1 aromatic heterocycles. The monoisotopic (exact) mass is 244 g/mol. The van der Waals surface area contributed by atoms with Gasteiger partial charge in [0.05, 0.1) is 5.56 Å². The molecule has 0 aromatic carbocycles. The number of nitriles is 1. The summed E-state index contributed by atoms with van der Waals surface area (Å²) in [5, 5.41) is 12.4. The van der Waals surface area contributed by atoms with Crippen LogP contribution in [-0.4, -0.2) is 36.1 Å². The van der Waals surface area contributed by atoms with Crippen molar-refractivity contribution in [2.24, 2.45) is 5.92 Å². The second kappa shape index (κ2) is 5.83. The molecule has 2 heterocycles. The van der Waals surface area contributed by atoms with Gasteiger partial charge in [-0.1, -0.05) is 6.92 Å². The van der Waals surface area contributed by atoms with Crippen molar-refractivity contribution in [3.05, 3.63) is 23.4 Å². The second-order valence-corrected chi connectivity index (χ2v) is 4.89. The quantitative estimate of drug-likeness (QED) is 0.880. The molecule has 1 aromatic rings. The molecule has 0 spiro atoms. The molecule has 0 bridgehead atoms. The Hall–Kier alpha value is -1.60. The van der Waals surface area contributed by atoms with Crippen LogP contribution in [0, 0.1) is 24.2 Å². The third-order valence-electron chi connectivity index (χ3n) is 3.53. The highest BCUT2D eigenvalue weighted by Gasteiger charge is 2.21. The van der Waals surface area contributed by atoms with Gasteiger partial charge in [-0.3, -0.25) is 0 Å². The van der Waals surface area contributed by atoms with Crippen molar-refractivity contribution >= 4 is 5.82 Å². The number of anilines is 1. The summed E-state index contributed by atoms with van der Waals surface area (Å²) in [6.45, 7) is 8.52. The Bertz CT molecular complexity index is 450. The first-order chi connectivity index (χ1) is 8.72. The predicted octanol–water partition coefficient (Wildman–Crippen LogP) is 2.02. The van der Waals surface area contributed by atoms with Crippen LogP contribution in [0.1, 0.15) is 24.6 Å². The topological polar surface area (TPSA) is 52.0 Å². The Morgan fingerprint density at radius 1 is 1.56 bits per heavy atom. The number of nitrogens with one attached hydrogen (secondary N) is 1. The average Bonchev–Trinajstić information content (AvgIpc) is 2.84. The van der Waals surface area contributed by atoms with Crippen molar-refractivity contribution in [2.75, 3.05) is 31.5 Å². The van der Waals surface area contributed by atoms with E-state index >= 15 is 0 Å². The summed E-state index contributed by atoms with van der Waals surface area (Å²) >= 11 is 0. The maximum atomic E-state index is 9.04. The number of aromatic nitrogens is 1.